The van der Waals surface area contributed by atoms with Gasteiger partial charge in [0.1, 0.15) is 0 Å². The van der Waals surface area contributed by atoms with Gasteiger partial charge in [-0.05, 0) is 24.3 Å². The number of hydrogen-bond donors (Lipinski definition) is 0. The fraction of sp³-hybridized carbons (Fsp3) is 0.350. The number of carbonyl (C=O) groups excluding carboxylic acids is 3. The third kappa shape index (κ3) is 6.25. The predicted molar refractivity (Wildman–Crippen MR) is 116 cm³/mol. The summed E-state index contributed by atoms with van der Waals surface area (Å²) in [6, 6.07) is 9.50. The maximum Gasteiger partial charge on any atom is 0.306 e. The summed E-state index contributed by atoms with van der Waals surface area (Å²) in [6.07, 6.45) is -0.104. The van der Waals surface area contributed by atoms with E-state index in [0.29, 0.717) is 35.4 Å². The molecule has 1 aromatic heterocycles. The van der Waals surface area contributed by atoms with E-state index in [-0.39, 0.29) is 36.8 Å². The number of anilines is 1. The molecule has 0 atom stereocenters. The van der Waals surface area contributed by atoms with Crippen LogP contribution in [-0.4, -0.2) is 60.3 Å². The van der Waals surface area contributed by atoms with E-state index in [4.69, 9.17) is 16.3 Å². The maximum atomic E-state index is 12.3. The molecule has 164 valence electrons. The van der Waals surface area contributed by atoms with E-state index in [1.54, 1.807) is 29.2 Å². The molecular formula is C20H20ClN3O6S. The molecular weight excluding hydrogens is 446 g/mol. The second-order valence-corrected chi connectivity index (χ2v) is 8.54. The van der Waals surface area contributed by atoms with Crippen molar-refractivity contribution in [2.75, 3.05) is 37.7 Å². The van der Waals surface area contributed by atoms with E-state index in [1.807, 2.05) is 4.90 Å². The summed E-state index contributed by atoms with van der Waals surface area (Å²) in [4.78, 5) is 50.6. The number of carbonyl (C=O) groups is 3. The Bertz CT molecular complexity index is 970. The first-order valence-electron chi connectivity index (χ1n) is 9.55. The van der Waals surface area contributed by atoms with E-state index < -0.39 is 10.9 Å². The Labute approximate surface area is 187 Å². The summed E-state index contributed by atoms with van der Waals surface area (Å²) >= 11 is 6.95. The van der Waals surface area contributed by atoms with Crippen molar-refractivity contribution < 1.29 is 24.0 Å². The topological polar surface area (TPSA) is 110 Å². The van der Waals surface area contributed by atoms with Gasteiger partial charge in [0.2, 0.25) is 0 Å². The molecule has 2 heterocycles. The molecule has 1 aliphatic heterocycles. The van der Waals surface area contributed by atoms with Gasteiger partial charge >= 0.3 is 5.97 Å². The lowest BCUT2D eigenvalue weighted by molar-refractivity contribution is -0.384. The van der Waals surface area contributed by atoms with Crippen LogP contribution in [0.4, 0.5) is 11.4 Å². The zero-order valence-corrected chi connectivity index (χ0v) is 18.1. The van der Waals surface area contributed by atoms with Crippen LogP contribution in [0.2, 0.25) is 4.34 Å². The van der Waals surface area contributed by atoms with Crippen LogP contribution in [0.25, 0.3) is 0 Å². The van der Waals surface area contributed by atoms with Gasteiger partial charge in [0.15, 0.2) is 12.4 Å². The highest BCUT2D eigenvalue weighted by Gasteiger charge is 2.23. The van der Waals surface area contributed by atoms with Gasteiger partial charge in [0, 0.05) is 50.4 Å². The number of nitrogens with zero attached hydrogens (tertiary/aromatic N) is 3. The van der Waals surface area contributed by atoms with Gasteiger partial charge in [-0.3, -0.25) is 24.5 Å². The Morgan fingerprint density at radius 2 is 1.71 bits per heavy atom. The van der Waals surface area contributed by atoms with Gasteiger partial charge < -0.3 is 14.5 Å². The minimum Gasteiger partial charge on any atom is -0.456 e. The van der Waals surface area contributed by atoms with Crippen molar-refractivity contribution in [2.24, 2.45) is 0 Å². The van der Waals surface area contributed by atoms with Crippen molar-refractivity contribution in [3.05, 3.63) is 55.7 Å². The molecule has 31 heavy (non-hydrogen) atoms. The Balaban J connectivity index is 1.38. The highest BCUT2D eigenvalue weighted by atomic mass is 35.5. The Hall–Kier alpha value is -2.98. The summed E-state index contributed by atoms with van der Waals surface area (Å²) in [5.41, 5.74) is 0.876. The molecule has 0 N–H and O–H groups in total. The van der Waals surface area contributed by atoms with Gasteiger partial charge in [0.05, 0.1) is 20.6 Å². The molecule has 0 aliphatic carbocycles. The number of hydrogen-bond acceptors (Lipinski definition) is 8. The van der Waals surface area contributed by atoms with Crippen LogP contribution in [-0.2, 0) is 14.3 Å². The van der Waals surface area contributed by atoms with Crippen LogP contribution in [0.5, 0.6) is 0 Å². The first-order valence-corrected chi connectivity index (χ1v) is 10.7. The number of nitro groups is 1. The van der Waals surface area contributed by atoms with E-state index in [2.05, 4.69) is 0 Å². The first-order chi connectivity index (χ1) is 14.8. The molecule has 1 saturated heterocycles. The molecule has 1 aliphatic rings. The zero-order chi connectivity index (χ0) is 22.4. The molecule has 0 saturated carbocycles. The monoisotopic (exact) mass is 465 g/mol. The second kappa shape index (κ2) is 10.4. The fourth-order valence-electron chi connectivity index (χ4n) is 3.11. The molecule has 2 aromatic rings. The molecule has 0 radical (unpaired) electrons. The van der Waals surface area contributed by atoms with Gasteiger partial charge in [0.25, 0.3) is 11.6 Å². The van der Waals surface area contributed by atoms with Crippen molar-refractivity contribution in [3.8, 4) is 0 Å². The summed E-state index contributed by atoms with van der Waals surface area (Å²) in [7, 11) is 0. The predicted octanol–water partition coefficient (Wildman–Crippen LogP) is 3.16. The van der Waals surface area contributed by atoms with E-state index in [1.165, 1.54) is 12.1 Å². The molecule has 1 aromatic carbocycles. The average molecular weight is 466 g/mol. The molecule has 11 heteroatoms. The molecule has 0 spiro atoms. The summed E-state index contributed by atoms with van der Waals surface area (Å²) in [5, 5.41) is 10.7. The highest BCUT2D eigenvalue weighted by molar-refractivity contribution is 7.18. The molecule has 9 nitrogen and oxygen atoms in total. The number of thiophene rings is 1. The molecule has 0 bridgehead atoms. The van der Waals surface area contributed by atoms with Gasteiger partial charge in [-0.25, -0.2) is 0 Å². The van der Waals surface area contributed by atoms with Gasteiger partial charge in [-0.15, -0.1) is 11.3 Å². The number of piperazine rings is 1. The van der Waals surface area contributed by atoms with E-state index in [0.717, 1.165) is 17.0 Å². The third-order valence-electron chi connectivity index (χ3n) is 4.82. The number of rotatable bonds is 8. The largest absolute Gasteiger partial charge is 0.456 e. The number of nitro benzene ring substituents is 1. The number of ether oxygens (including phenoxy) is 1. The molecule has 0 unspecified atom stereocenters. The number of amides is 1. The summed E-state index contributed by atoms with van der Waals surface area (Å²) in [6.45, 7) is 1.66. The van der Waals surface area contributed by atoms with Crippen molar-refractivity contribution in [1.82, 2.24) is 4.90 Å². The van der Waals surface area contributed by atoms with Crippen molar-refractivity contribution in [1.29, 1.82) is 0 Å². The lowest BCUT2D eigenvalue weighted by Gasteiger charge is -2.36. The van der Waals surface area contributed by atoms with Crippen LogP contribution in [0.15, 0.2) is 36.4 Å². The number of benzene rings is 1. The normalized spacial score (nSPS) is 13.7. The van der Waals surface area contributed by atoms with Gasteiger partial charge in [-0.2, -0.15) is 0 Å². The first kappa shape index (κ1) is 22.7. The van der Waals surface area contributed by atoms with Crippen molar-refractivity contribution >= 4 is 52.0 Å². The van der Waals surface area contributed by atoms with Crippen LogP contribution in [0, 0.1) is 10.1 Å². The number of esters is 1. The summed E-state index contributed by atoms with van der Waals surface area (Å²) in [5.74, 6) is -1.09. The smallest absolute Gasteiger partial charge is 0.306 e. The van der Waals surface area contributed by atoms with Crippen LogP contribution >= 0.6 is 22.9 Å². The minimum atomic E-state index is -0.603. The number of Topliss-reactive ketones (excluding diaryl/α,β-unsaturated/α-hetero) is 1. The minimum absolute atomic E-state index is 0.00220. The molecule has 1 fully saturated rings. The van der Waals surface area contributed by atoms with E-state index >= 15 is 0 Å². The SMILES string of the molecule is O=C(CCC(=O)c1ccc(Cl)s1)OCC(=O)N1CCN(c2ccc([N+](=O)[O-])cc2)CC1. The molecule has 1 amide bonds. The Morgan fingerprint density at radius 3 is 2.29 bits per heavy atom. The fourth-order valence-corrected chi connectivity index (χ4v) is 4.12. The maximum absolute atomic E-state index is 12.3. The van der Waals surface area contributed by atoms with Gasteiger partial charge in [-0.1, -0.05) is 11.6 Å². The standard InChI is InChI=1S/C20H20ClN3O6S/c21-18-7-6-17(31-18)16(25)5-8-20(27)30-13-19(26)23-11-9-22(10-12-23)14-1-3-15(4-2-14)24(28)29/h1-4,6-7H,5,8-13H2. The highest BCUT2D eigenvalue weighted by Crippen LogP contribution is 2.23. The third-order valence-corrected chi connectivity index (χ3v) is 6.09. The lowest BCUT2D eigenvalue weighted by Crippen LogP contribution is -2.49. The van der Waals surface area contributed by atoms with Crippen molar-refractivity contribution in [3.63, 3.8) is 0 Å². The van der Waals surface area contributed by atoms with Crippen LogP contribution < -0.4 is 4.90 Å². The molecule has 3 rings (SSSR count). The number of halogens is 1. The van der Waals surface area contributed by atoms with Crippen LogP contribution in [0.3, 0.4) is 0 Å². The van der Waals surface area contributed by atoms with Crippen LogP contribution in [0.1, 0.15) is 22.5 Å². The Kier molecular flexibility index (Phi) is 7.59. The van der Waals surface area contributed by atoms with E-state index in [9.17, 15) is 24.5 Å². The van der Waals surface area contributed by atoms with Crippen molar-refractivity contribution in [2.45, 2.75) is 12.8 Å². The number of ketones is 1. The quantitative estimate of drug-likeness (QED) is 0.255. The number of non-ortho nitro benzene ring substituents is 1. The average Bonchev–Trinajstić information content (AvgIpc) is 3.22. The second-order valence-electron chi connectivity index (χ2n) is 6.83. The Morgan fingerprint density at radius 1 is 1.03 bits per heavy atom. The zero-order valence-electron chi connectivity index (χ0n) is 16.5. The summed E-state index contributed by atoms with van der Waals surface area (Å²) < 4.78 is 5.52. The lowest BCUT2D eigenvalue weighted by atomic mass is 10.2.